The molecule has 0 saturated heterocycles. The maximum atomic E-state index is 13.1. The lowest BCUT2D eigenvalue weighted by Crippen LogP contribution is -2.30. The first kappa shape index (κ1) is 14.7. The molecule has 1 nitrogen and oxygen atoms in total. The molecular weight excluding hydrogens is 256 g/mol. The van der Waals surface area contributed by atoms with E-state index in [1.165, 1.54) is 18.2 Å². The number of hydrogen-bond donors (Lipinski definition) is 1. The minimum absolute atomic E-state index is 0.194. The summed E-state index contributed by atoms with van der Waals surface area (Å²) in [6.45, 7) is 2.90. The van der Waals surface area contributed by atoms with Crippen molar-refractivity contribution in [2.75, 3.05) is 6.54 Å². The third-order valence-corrected chi connectivity index (χ3v) is 3.25. The molecule has 0 aromatic heterocycles. The molecule has 2 rings (SSSR count). The largest absolute Gasteiger partial charge is 0.314 e. The van der Waals surface area contributed by atoms with Gasteiger partial charge in [-0.1, -0.05) is 24.3 Å². The van der Waals surface area contributed by atoms with Crippen LogP contribution in [-0.4, -0.2) is 12.6 Å². The Hall–Kier alpha value is -1.74. The Balaban J connectivity index is 1.75. The molecule has 1 unspecified atom stereocenters. The summed E-state index contributed by atoms with van der Waals surface area (Å²) < 4.78 is 25.8. The van der Waals surface area contributed by atoms with E-state index in [0.717, 1.165) is 30.5 Å². The molecule has 0 spiro atoms. The molecule has 2 aromatic carbocycles. The third-order valence-electron chi connectivity index (χ3n) is 3.25. The summed E-state index contributed by atoms with van der Waals surface area (Å²) in [5.74, 6) is -0.401. The van der Waals surface area contributed by atoms with Crippen molar-refractivity contribution < 1.29 is 8.78 Å². The lowest BCUT2D eigenvalue weighted by Gasteiger charge is -2.14. The van der Waals surface area contributed by atoms with Gasteiger partial charge in [-0.25, -0.2) is 8.78 Å². The van der Waals surface area contributed by atoms with Crippen LogP contribution < -0.4 is 5.32 Å². The van der Waals surface area contributed by atoms with E-state index < -0.39 is 0 Å². The highest BCUT2D eigenvalue weighted by Crippen LogP contribution is 2.07. The van der Waals surface area contributed by atoms with Crippen molar-refractivity contribution in [3.63, 3.8) is 0 Å². The molecule has 20 heavy (non-hydrogen) atoms. The van der Waals surface area contributed by atoms with Gasteiger partial charge >= 0.3 is 0 Å². The number of benzene rings is 2. The minimum Gasteiger partial charge on any atom is -0.314 e. The molecule has 3 heteroatoms. The molecule has 0 aliphatic heterocycles. The van der Waals surface area contributed by atoms with Crippen LogP contribution in [0.3, 0.4) is 0 Å². The quantitative estimate of drug-likeness (QED) is 0.847. The Morgan fingerprint density at radius 1 is 0.950 bits per heavy atom. The molecular formula is C17H19F2N. The predicted octanol–water partition coefficient (Wildman–Crippen LogP) is 3.73. The molecule has 0 heterocycles. The summed E-state index contributed by atoms with van der Waals surface area (Å²) in [7, 11) is 0. The number of nitrogens with one attached hydrogen (secondary N) is 1. The Labute approximate surface area is 118 Å². The summed E-state index contributed by atoms with van der Waals surface area (Å²) in [4.78, 5) is 0. The first-order valence-corrected chi connectivity index (χ1v) is 6.86. The van der Waals surface area contributed by atoms with Gasteiger partial charge in [0.05, 0.1) is 0 Å². The highest BCUT2D eigenvalue weighted by molar-refractivity contribution is 5.18. The van der Waals surface area contributed by atoms with Crippen molar-refractivity contribution in [3.05, 3.63) is 71.3 Å². The fourth-order valence-electron chi connectivity index (χ4n) is 2.20. The van der Waals surface area contributed by atoms with Crippen LogP contribution in [0.5, 0.6) is 0 Å². The number of hydrogen-bond acceptors (Lipinski definition) is 1. The molecule has 2 aromatic rings. The van der Waals surface area contributed by atoms with Crippen molar-refractivity contribution >= 4 is 0 Å². The zero-order valence-electron chi connectivity index (χ0n) is 11.6. The van der Waals surface area contributed by atoms with E-state index in [1.54, 1.807) is 24.3 Å². The smallest absolute Gasteiger partial charge is 0.123 e. The second kappa shape index (κ2) is 7.15. The lowest BCUT2D eigenvalue weighted by molar-refractivity contribution is 0.545. The zero-order chi connectivity index (χ0) is 14.4. The van der Waals surface area contributed by atoms with Crippen LogP contribution >= 0.6 is 0 Å². The summed E-state index contributed by atoms with van der Waals surface area (Å²) in [5.41, 5.74) is 2.10. The van der Waals surface area contributed by atoms with E-state index in [1.807, 2.05) is 6.07 Å². The van der Waals surface area contributed by atoms with Crippen LogP contribution in [0.25, 0.3) is 0 Å². The van der Waals surface area contributed by atoms with Crippen LogP contribution in [0.1, 0.15) is 18.1 Å². The van der Waals surface area contributed by atoms with Gasteiger partial charge < -0.3 is 5.32 Å². The number of halogens is 2. The monoisotopic (exact) mass is 275 g/mol. The van der Waals surface area contributed by atoms with Crippen molar-refractivity contribution in [1.29, 1.82) is 0 Å². The minimum atomic E-state index is -0.207. The second-order valence-electron chi connectivity index (χ2n) is 5.07. The molecule has 0 aliphatic carbocycles. The summed E-state index contributed by atoms with van der Waals surface area (Å²) in [6.07, 6.45) is 1.65. The topological polar surface area (TPSA) is 12.0 Å². The van der Waals surface area contributed by atoms with Gasteiger partial charge in [0.15, 0.2) is 0 Å². The van der Waals surface area contributed by atoms with Crippen molar-refractivity contribution in [2.45, 2.75) is 25.8 Å². The molecule has 0 radical (unpaired) electrons. The molecule has 0 bridgehead atoms. The molecule has 0 fully saturated rings. The third kappa shape index (κ3) is 4.74. The fraction of sp³-hybridized carbons (Fsp3) is 0.294. The van der Waals surface area contributed by atoms with Gasteiger partial charge in [-0.05, 0) is 61.7 Å². The molecule has 0 saturated carbocycles. The highest BCUT2D eigenvalue weighted by Gasteiger charge is 2.04. The van der Waals surface area contributed by atoms with Gasteiger partial charge in [0.2, 0.25) is 0 Å². The summed E-state index contributed by atoms with van der Waals surface area (Å²) in [6, 6.07) is 13.5. The van der Waals surface area contributed by atoms with Crippen molar-refractivity contribution in [1.82, 2.24) is 5.32 Å². The number of rotatable bonds is 6. The Kier molecular flexibility index (Phi) is 5.24. The molecule has 1 atom stereocenters. The van der Waals surface area contributed by atoms with E-state index in [9.17, 15) is 8.78 Å². The van der Waals surface area contributed by atoms with E-state index >= 15 is 0 Å². The van der Waals surface area contributed by atoms with Crippen LogP contribution in [0.4, 0.5) is 8.78 Å². The summed E-state index contributed by atoms with van der Waals surface area (Å²) in [5, 5.41) is 3.40. The van der Waals surface area contributed by atoms with Gasteiger partial charge in [0, 0.05) is 6.04 Å². The average Bonchev–Trinajstić information content (AvgIpc) is 2.41. The van der Waals surface area contributed by atoms with Gasteiger partial charge in [-0.3, -0.25) is 0 Å². The predicted molar refractivity (Wildman–Crippen MR) is 77.7 cm³/mol. The fourth-order valence-corrected chi connectivity index (χ4v) is 2.20. The first-order chi connectivity index (χ1) is 9.63. The highest BCUT2D eigenvalue weighted by atomic mass is 19.1. The first-order valence-electron chi connectivity index (χ1n) is 6.86. The van der Waals surface area contributed by atoms with Crippen LogP contribution in [-0.2, 0) is 12.8 Å². The lowest BCUT2D eigenvalue weighted by atomic mass is 10.1. The standard InChI is InChI=1S/C17H19F2N/c1-13(11-15-3-2-4-17(19)12-15)20-10-9-14-5-7-16(18)8-6-14/h2-8,12-13,20H,9-11H2,1H3. The summed E-state index contributed by atoms with van der Waals surface area (Å²) >= 11 is 0. The van der Waals surface area contributed by atoms with E-state index in [2.05, 4.69) is 12.2 Å². The Morgan fingerprint density at radius 2 is 1.70 bits per heavy atom. The molecule has 1 N–H and O–H groups in total. The van der Waals surface area contributed by atoms with Gasteiger partial charge in [0.25, 0.3) is 0 Å². The van der Waals surface area contributed by atoms with Crippen LogP contribution in [0.15, 0.2) is 48.5 Å². The SMILES string of the molecule is CC(Cc1cccc(F)c1)NCCc1ccc(F)cc1. The van der Waals surface area contributed by atoms with Gasteiger partial charge in [-0.15, -0.1) is 0 Å². The van der Waals surface area contributed by atoms with E-state index in [-0.39, 0.29) is 17.7 Å². The van der Waals surface area contributed by atoms with Gasteiger partial charge in [0.1, 0.15) is 11.6 Å². The maximum absolute atomic E-state index is 13.1. The van der Waals surface area contributed by atoms with E-state index in [0.29, 0.717) is 0 Å². The Bertz CT molecular complexity index is 537. The zero-order valence-corrected chi connectivity index (χ0v) is 11.6. The molecule has 106 valence electrons. The average molecular weight is 275 g/mol. The van der Waals surface area contributed by atoms with Crippen LogP contribution in [0, 0.1) is 11.6 Å². The van der Waals surface area contributed by atoms with Crippen molar-refractivity contribution in [3.8, 4) is 0 Å². The normalized spacial score (nSPS) is 12.3. The van der Waals surface area contributed by atoms with Crippen LogP contribution in [0.2, 0.25) is 0 Å². The van der Waals surface area contributed by atoms with E-state index in [4.69, 9.17) is 0 Å². The molecule has 0 aliphatic rings. The second-order valence-corrected chi connectivity index (χ2v) is 5.07. The maximum Gasteiger partial charge on any atom is 0.123 e. The van der Waals surface area contributed by atoms with Crippen molar-refractivity contribution in [2.24, 2.45) is 0 Å². The molecule has 0 amide bonds. The van der Waals surface area contributed by atoms with Gasteiger partial charge in [-0.2, -0.15) is 0 Å². The Morgan fingerprint density at radius 3 is 2.40 bits per heavy atom.